The standard InChI is InChI=1S/C11H18ClI/c12-10-8-6-4-2-1-3-5-7-9-11-13/h6-9H,1-5,10-11H2. The van der Waals surface area contributed by atoms with Gasteiger partial charge in [0.25, 0.3) is 0 Å². The lowest BCUT2D eigenvalue weighted by Gasteiger charge is -1.94. The first-order valence-electron chi connectivity index (χ1n) is 4.83. The molecule has 0 radical (unpaired) electrons. The minimum atomic E-state index is 0.651. The quantitative estimate of drug-likeness (QED) is 0.263. The second-order valence-electron chi connectivity index (χ2n) is 2.89. The van der Waals surface area contributed by atoms with Crippen molar-refractivity contribution < 1.29 is 0 Å². The molecule has 0 fully saturated rings. The van der Waals surface area contributed by atoms with Crippen LogP contribution in [0.15, 0.2) is 24.3 Å². The van der Waals surface area contributed by atoms with E-state index in [0.29, 0.717) is 5.88 Å². The van der Waals surface area contributed by atoms with E-state index in [1.165, 1.54) is 32.1 Å². The van der Waals surface area contributed by atoms with E-state index in [0.717, 1.165) is 4.43 Å². The van der Waals surface area contributed by atoms with Gasteiger partial charge in [0.2, 0.25) is 0 Å². The van der Waals surface area contributed by atoms with Crippen molar-refractivity contribution in [1.29, 1.82) is 0 Å². The lowest BCUT2D eigenvalue weighted by atomic mass is 10.1. The summed E-state index contributed by atoms with van der Waals surface area (Å²) in [5.74, 6) is 0.651. The van der Waals surface area contributed by atoms with E-state index in [-0.39, 0.29) is 0 Å². The van der Waals surface area contributed by atoms with Crippen LogP contribution in [0.5, 0.6) is 0 Å². The van der Waals surface area contributed by atoms with Crippen molar-refractivity contribution >= 4 is 34.2 Å². The van der Waals surface area contributed by atoms with Gasteiger partial charge in [-0.05, 0) is 25.7 Å². The molecule has 0 aliphatic carbocycles. The smallest absolute Gasteiger partial charge is 0.0404 e. The highest BCUT2D eigenvalue weighted by molar-refractivity contribution is 14.1. The van der Waals surface area contributed by atoms with Crippen LogP contribution in [0, 0.1) is 0 Å². The van der Waals surface area contributed by atoms with Crippen LogP contribution in [0.1, 0.15) is 32.1 Å². The number of hydrogen-bond donors (Lipinski definition) is 0. The fourth-order valence-electron chi connectivity index (χ4n) is 1.06. The number of allylic oxidation sites excluding steroid dienone is 4. The van der Waals surface area contributed by atoms with E-state index in [4.69, 9.17) is 11.6 Å². The first-order valence-corrected chi connectivity index (χ1v) is 6.89. The minimum Gasteiger partial charge on any atom is -0.122 e. The van der Waals surface area contributed by atoms with Gasteiger partial charge in [-0.15, -0.1) is 11.6 Å². The summed E-state index contributed by atoms with van der Waals surface area (Å²) < 4.78 is 1.14. The molecule has 0 rings (SSSR count). The van der Waals surface area contributed by atoms with Gasteiger partial charge in [-0.2, -0.15) is 0 Å². The summed E-state index contributed by atoms with van der Waals surface area (Å²) >= 11 is 7.86. The lowest BCUT2D eigenvalue weighted by molar-refractivity contribution is 0.696. The summed E-state index contributed by atoms with van der Waals surface area (Å²) in [6, 6.07) is 0. The van der Waals surface area contributed by atoms with Crippen LogP contribution < -0.4 is 0 Å². The van der Waals surface area contributed by atoms with E-state index in [1.54, 1.807) is 0 Å². The molecule has 0 bridgehead atoms. The Morgan fingerprint density at radius 3 is 2.00 bits per heavy atom. The zero-order valence-electron chi connectivity index (χ0n) is 8.02. The first kappa shape index (κ1) is 13.5. The van der Waals surface area contributed by atoms with Crippen molar-refractivity contribution in [2.45, 2.75) is 32.1 Å². The Morgan fingerprint density at radius 1 is 0.846 bits per heavy atom. The van der Waals surface area contributed by atoms with Crippen molar-refractivity contribution in [1.82, 2.24) is 0 Å². The molecule has 0 spiro atoms. The third-order valence-electron chi connectivity index (χ3n) is 1.75. The summed E-state index contributed by atoms with van der Waals surface area (Å²) in [5, 5.41) is 0. The van der Waals surface area contributed by atoms with Gasteiger partial charge in [-0.25, -0.2) is 0 Å². The molecule has 2 heteroatoms. The van der Waals surface area contributed by atoms with E-state index in [9.17, 15) is 0 Å². The lowest BCUT2D eigenvalue weighted by Crippen LogP contribution is -1.75. The van der Waals surface area contributed by atoms with Crippen LogP contribution in [-0.2, 0) is 0 Å². The molecule has 0 nitrogen and oxygen atoms in total. The summed E-state index contributed by atoms with van der Waals surface area (Å²) in [4.78, 5) is 0. The maximum absolute atomic E-state index is 5.50. The molecule has 0 aliphatic heterocycles. The van der Waals surface area contributed by atoms with Gasteiger partial charge in [0.15, 0.2) is 0 Å². The second-order valence-corrected chi connectivity index (χ2v) is 4.08. The molecule has 0 aromatic rings. The SMILES string of the molecule is ClCC=CCCCCCC=CCI. The third kappa shape index (κ3) is 12.5. The topological polar surface area (TPSA) is 0 Å². The van der Waals surface area contributed by atoms with Crippen LogP contribution in [0.2, 0.25) is 0 Å². The maximum Gasteiger partial charge on any atom is 0.0404 e. The number of rotatable bonds is 8. The van der Waals surface area contributed by atoms with Crippen molar-refractivity contribution in [3.63, 3.8) is 0 Å². The predicted octanol–water partition coefficient (Wildman–Crippen LogP) is 4.72. The molecule has 0 amide bonds. The Balaban J connectivity index is 2.99. The largest absolute Gasteiger partial charge is 0.122 e. The van der Waals surface area contributed by atoms with Crippen molar-refractivity contribution in [2.75, 3.05) is 10.3 Å². The van der Waals surface area contributed by atoms with Gasteiger partial charge in [-0.1, -0.05) is 53.3 Å². The Bertz CT molecular complexity index is 125. The highest BCUT2D eigenvalue weighted by atomic mass is 127. The molecule has 0 unspecified atom stereocenters. The summed E-state index contributed by atoms with van der Waals surface area (Å²) in [5.41, 5.74) is 0. The molecule has 0 heterocycles. The normalized spacial score (nSPS) is 11.8. The Labute approximate surface area is 101 Å². The summed E-state index contributed by atoms with van der Waals surface area (Å²) in [7, 11) is 0. The van der Waals surface area contributed by atoms with Crippen LogP contribution >= 0.6 is 34.2 Å². The van der Waals surface area contributed by atoms with Gasteiger partial charge >= 0.3 is 0 Å². The molecule has 0 saturated heterocycles. The molecule has 76 valence electrons. The highest BCUT2D eigenvalue weighted by Crippen LogP contribution is 2.04. The Morgan fingerprint density at radius 2 is 1.46 bits per heavy atom. The third-order valence-corrected chi connectivity index (χ3v) is 2.44. The fourth-order valence-corrected chi connectivity index (χ4v) is 1.55. The molecular formula is C11H18ClI. The van der Waals surface area contributed by atoms with Crippen LogP contribution in [0.4, 0.5) is 0 Å². The van der Waals surface area contributed by atoms with Gasteiger partial charge in [-0.3, -0.25) is 0 Å². The first-order chi connectivity index (χ1) is 6.41. The number of unbranched alkanes of at least 4 members (excludes halogenated alkanes) is 4. The van der Waals surface area contributed by atoms with Crippen molar-refractivity contribution in [3.05, 3.63) is 24.3 Å². The molecule has 0 aromatic heterocycles. The monoisotopic (exact) mass is 312 g/mol. The van der Waals surface area contributed by atoms with Crippen LogP contribution in [-0.4, -0.2) is 10.3 Å². The Kier molecular flexibility index (Phi) is 13.0. The molecular weight excluding hydrogens is 294 g/mol. The summed E-state index contributed by atoms with van der Waals surface area (Å²) in [6.07, 6.45) is 15.1. The van der Waals surface area contributed by atoms with E-state index in [2.05, 4.69) is 40.8 Å². The summed E-state index contributed by atoms with van der Waals surface area (Å²) in [6.45, 7) is 0. The van der Waals surface area contributed by atoms with E-state index in [1.807, 2.05) is 6.08 Å². The van der Waals surface area contributed by atoms with Gasteiger partial charge in [0, 0.05) is 10.3 Å². The minimum absolute atomic E-state index is 0.651. The van der Waals surface area contributed by atoms with Crippen molar-refractivity contribution in [2.24, 2.45) is 0 Å². The van der Waals surface area contributed by atoms with Gasteiger partial charge in [0.05, 0.1) is 0 Å². The van der Waals surface area contributed by atoms with Gasteiger partial charge < -0.3 is 0 Å². The molecule has 13 heavy (non-hydrogen) atoms. The molecule has 0 aliphatic rings. The average Bonchev–Trinajstić information content (AvgIpc) is 2.16. The molecule has 0 atom stereocenters. The molecule has 0 N–H and O–H groups in total. The predicted molar refractivity (Wildman–Crippen MR) is 71.0 cm³/mol. The molecule has 0 aromatic carbocycles. The second kappa shape index (κ2) is 12.5. The van der Waals surface area contributed by atoms with E-state index >= 15 is 0 Å². The number of halogens is 2. The average molecular weight is 313 g/mol. The zero-order chi connectivity index (χ0) is 9.78. The Hall–Kier alpha value is 0.500. The fraction of sp³-hybridized carbons (Fsp3) is 0.636. The van der Waals surface area contributed by atoms with Gasteiger partial charge in [0.1, 0.15) is 0 Å². The van der Waals surface area contributed by atoms with Crippen LogP contribution in [0.3, 0.4) is 0 Å². The number of hydrogen-bond acceptors (Lipinski definition) is 0. The van der Waals surface area contributed by atoms with Crippen LogP contribution in [0.25, 0.3) is 0 Å². The van der Waals surface area contributed by atoms with Crippen molar-refractivity contribution in [3.8, 4) is 0 Å². The number of alkyl halides is 2. The zero-order valence-corrected chi connectivity index (χ0v) is 10.9. The maximum atomic E-state index is 5.50. The molecule has 0 saturated carbocycles. The van der Waals surface area contributed by atoms with E-state index < -0.39 is 0 Å². The highest BCUT2D eigenvalue weighted by Gasteiger charge is 1.85.